The second kappa shape index (κ2) is 24.5. The van der Waals surface area contributed by atoms with Crippen LogP contribution in [0.5, 0.6) is 0 Å². The van der Waals surface area contributed by atoms with Crippen molar-refractivity contribution < 1.29 is 47.6 Å². The Labute approximate surface area is 480 Å². The van der Waals surface area contributed by atoms with Crippen LogP contribution in [0.15, 0.2) is 92.1 Å². The van der Waals surface area contributed by atoms with Crippen LogP contribution in [-0.2, 0) is 19.1 Å². The fraction of sp³-hybridized carbons (Fsp3) is 0.481. The molecule has 428 valence electrons. The number of carbonyl (C=O) groups is 4. The number of benzene rings is 2. The number of aromatic nitrogens is 2. The minimum Gasteiger partial charge on any atom is -0.463 e. The Balaban J connectivity index is 0.000000194. The van der Waals surface area contributed by atoms with E-state index in [-0.39, 0.29) is 71.6 Å². The molecule has 0 saturated carbocycles. The molecule has 4 atom stereocenters. The van der Waals surface area contributed by atoms with E-state index in [2.05, 4.69) is 30.4 Å². The monoisotopic (exact) mass is 1180 g/mol. The number of rotatable bonds is 16. The zero-order valence-corrected chi connectivity index (χ0v) is 48.3. The van der Waals surface area contributed by atoms with E-state index in [1.54, 1.807) is 75.9 Å². The van der Waals surface area contributed by atoms with E-state index >= 15 is 0 Å². The van der Waals surface area contributed by atoms with E-state index in [0.29, 0.717) is 110 Å². The zero-order valence-electron chi connectivity index (χ0n) is 45.1. The minimum atomic E-state index is -0.992. The van der Waals surface area contributed by atoms with Gasteiger partial charge in [0.1, 0.15) is 23.7 Å². The summed E-state index contributed by atoms with van der Waals surface area (Å²) in [4.78, 5) is 82.3. The van der Waals surface area contributed by atoms with Crippen molar-refractivity contribution in [2.24, 2.45) is 9.98 Å². The smallest absolute Gasteiger partial charge is 0.338 e. The molecule has 0 radical (unpaired) electrons. The molecule has 2 aromatic carbocycles. The predicted molar refractivity (Wildman–Crippen MR) is 300 cm³/mol. The zero-order chi connectivity index (χ0) is 57.2. The summed E-state index contributed by atoms with van der Waals surface area (Å²) in [5.41, 5.74) is 0.358. The summed E-state index contributed by atoms with van der Waals surface area (Å²) in [5.74, 6) is -1.44. The maximum atomic E-state index is 14.5. The lowest BCUT2D eigenvalue weighted by atomic mass is 9.95. The number of carbonyl (C=O) groups excluding carboxylic acids is 4. The number of ether oxygens (including phenoxy) is 2. The van der Waals surface area contributed by atoms with Gasteiger partial charge in [0.25, 0.3) is 0 Å². The van der Waals surface area contributed by atoms with Gasteiger partial charge in [0.2, 0.25) is 0 Å². The maximum Gasteiger partial charge on any atom is 0.338 e. The number of β-amino-alcohol motifs (C(OH)–C–C–N with tert-alkyl or cyclic N) is 2. The highest BCUT2D eigenvalue weighted by atomic mass is 35.5. The van der Waals surface area contributed by atoms with Crippen LogP contribution >= 0.6 is 45.9 Å². The quantitative estimate of drug-likeness (QED) is 0.0936. The number of esters is 2. The molecule has 20 nitrogen and oxygen atoms in total. The summed E-state index contributed by atoms with van der Waals surface area (Å²) in [6, 6.07) is 6.82. The Hall–Kier alpha value is -6.12. The molecule has 4 aromatic rings. The van der Waals surface area contributed by atoms with Crippen LogP contribution in [0.1, 0.15) is 74.8 Å². The van der Waals surface area contributed by atoms with Gasteiger partial charge in [-0.05, 0) is 53.7 Å². The Bertz CT molecular complexity index is 2890. The average Bonchev–Trinajstić information content (AvgIpc) is 4.32. The van der Waals surface area contributed by atoms with Crippen molar-refractivity contribution in [1.82, 2.24) is 50.0 Å². The third kappa shape index (κ3) is 13.1. The second-order valence-electron chi connectivity index (χ2n) is 21.3. The van der Waals surface area contributed by atoms with Crippen molar-refractivity contribution in [3.63, 3.8) is 0 Å². The van der Waals surface area contributed by atoms with Crippen LogP contribution < -0.4 is 10.6 Å². The summed E-state index contributed by atoms with van der Waals surface area (Å²) in [5, 5.41) is 31.8. The van der Waals surface area contributed by atoms with E-state index in [1.165, 1.54) is 46.9 Å². The van der Waals surface area contributed by atoms with E-state index < -0.39 is 46.9 Å². The highest BCUT2D eigenvalue weighted by Gasteiger charge is 2.45. The van der Waals surface area contributed by atoms with Gasteiger partial charge in [-0.25, -0.2) is 37.9 Å². The van der Waals surface area contributed by atoms with Crippen LogP contribution in [0.4, 0.5) is 18.4 Å². The molecule has 4 amide bonds. The van der Waals surface area contributed by atoms with Gasteiger partial charge in [0.05, 0.1) is 70.8 Å². The van der Waals surface area contributed by atoms with Crippen molar-refractivity contribution in [2.45, 2.75) is 76.9 Å². The fourth-order valence-electron chi connectivity index (χ4n) is 10.8. The predicted octanol–water partition coefficient (Wildman–Crippen LogP) is 6.07. The van der Waals surface area contributed by atoms with Gasteiger partial charge in [0.15, 0.2) is 21.7 Å². The summed E-state index contributed by atoms with van der Waals surface area (Å²) >= 11 is 15.6. The Kier molecular flexibility index (Phi) is 18.0. The van der Waals surface area contributed by atoms with Gasteiger partial charge >= 0.3 is 24.0 Å². The first kappa shape index (κ1) is 58.5. The highest BCUT2D eigenvalue weighted by Crippen LogP contribution is 2.40. The van der Waals surface area contributed by atoms with Crippen LogP contribution in [0.25, 0.3) is 0 Å². The topological polar surface area (TPSA) is 221 Å². The third-order valence-electron chi connectivity index (χ3n) is 14.0. The molecular weight excluding hydrogens is 1120 g/mol. The molecule has 0 spiro atoms. The number of amides is 4. The van der Waals surface area contributed by atoms with Crippen molar-refractivity contribution in [3.05, 3.63) is 125 Å². The lowest BCUT2D eigenvalue weighted by molar-refractivity contribution is -0.139. The van der Waals surface area contributed by atoms with Crippen LogP contribution in [0, 0.1) is 11.6 Å². The summed E-state index contributed by atoms with van der Waals surface area (Å²) in [7, 11) is 0. The van der Waals surface area contributed by atoms with E-state index in [1.807, 2.05) is 20.6 Å². The molecular formula is C54H64Cl2F2N12O8S2. The standard InChI is InChI=1S/2C27H32ClFN6O4S/c2*1-4-39-25(36)20-19(14-33-9-10-35-16(12-33)13-34(26(35)37)15-27(2,3)38)31-23(24-30-8-11-40-24)32-22(20)17-6-5-7-18(29)21(17)28/h2*5-8,11,16,22,38H,4,9-10,12-15H2,1-3H3,(H,31,32)/t16-,22+;16-,22-/m10/s1. The van der Waals surface area contributed by atoms with E-state index in [4.69, 9.17) is 42.7 Å². The molecule has 6 aliphatic heterocycles. The lowest BCUT2D eigenvalue weighted by Gasteiger charge is -2.38. The minimum absolute atomic E-state index is 0.0561. The molecule has 6 aliphatic rings. The molecule has 4 fully saturated rings. The van der Waals surface area contributed by atoms with Crippen LogP contribution in [0.3, 0.4) is 0 Å². The first-order chi connectivity index (χ1) is 38.1. The molecule has 0 bridgehead atoms. The SMILES string of the molecule is CCOC(=O)C1=C(CN2CCN3C(=O)N(CC(C)(C)O)C[C@@H]3C2)NC(c2nccs2)=N[C@H]1c1cccc(F)c1Cl.CCOC(=O)C1=C(CN2CCN3C(=O)N(CC(C)(C)O)C[C@H]3C2)NC(c2nccs2)=N[C@H]1c1cccc(F)c1Cl. The number of aliphatic hydroxyl groups is 2. The summed E-state index contributed by atoms with van der Waals surface area (Å²) in [6.45, 7) is 16.0. The number of nitrogens with zero attached hydrogens (tertiary/aromatic N) is 10. The number of hydrogen-bond donors (Lipinski definition) is 4. The molecule has 80 heavy (non-hydrogen) atoms. The normalized spacial score (nSPS) is 21.9. The number of nitrogens with one attached hydrogen (secondary N) is 2. The molecule has 0 unspecified atom stereocenters. The molecule has 26 heteroatoms. The number of amidine groups is 2. The molecule has 4 N–H and O–H groups in total. The van der Waals surface area contributed by atoms with Crippen molar-refractivity contribution in [3.8, 4) is 0 Å². The number of fused-ring (bicyclic) bond motifs is 2. The largest absolute Gasteiger partial charge is 0.463 e. The first-order valence-electron chi connectivity index (χ1n) is 26.3. The Morgan fingerprint density at radius 3 is 1.41 bits per heavy atom. The van der Waals surface area contributed by atoms with Crippen molar-refractivity contribution >= 4 is 81.5 Å². The molecule has 4 saturated heterocycles. The van der Waals surface area contributed by atoms with E-state index in [0.717, 1.165) is 0 Å². The van der Waals surface area contributed by atoms with Crippen molar-refractivity contribution in [1.29, 1.82) is 0 Å². The summed E-state index contributed by atoms with van der Waals surface area (Å²) in [6.07, 6.45) is 3.32. The molecule has 0 aliphatic carbocycles. The number of urea groups is 2. The molecule has 10 rings (SSSR count). The average molecular weight is 1180 g/mol. The Morgan fingerprint density at radius 1 is 0.662 bits per heavy atom. The number of hydrogen-bond acceptors (Lipinski definition) is 18. The van der Waals surface area contributed by atoms with Gasteiger partial charge in [0, 0.05) is 111 Å². The number of thiazole rings is 2. The summed E-state index contributed by atoms with van der Waals surface area (Å²) < 4.78 is 40.0. The van der Waals surface area contributed by atoms with Gasteiger partial charge in [-0.15, -0.1) is 22.7 Å². The second-order valence-corrected chi connectivity index (χ2v) is 23.9. The fourth-order valence-corrected chi connectivity index (χ4v) is 12.4. The first-order valence-corrected chi connectivity index (χ1v) is 28.8. The molecule has 8 heterocycles. The lowest BCUT2D eigenvalue weighted by Crippen LogP contribution is -2.53. The van der Waals surface area contributed by atoms with Gasteiger partial charge in [-0.1, -0.05) is 47.5 Å². The van der Waals surface area contributed by atoms with Gasteiger partial charge in [-0.3, -0.25) is 19.8 Å². The number of halogens is 4. The van der Waals surface area contributed by atoms with Crippen LogP contribution in [-0.4, -0.2) is 200 Å². The number of piperazine rings is 2. The third-order valence-corrected chi connectivity index (χ3v) is 16.4. The Morgan fingerprint density at radius 2 is 1.06 bits per heavy atom. The highest BCUT2D eigenvalue weighted by molar-refractivity contribution is 7.12. The van der Waals surface area contributed by atoms with E-state index in [9.17, 15) is 38.2 Å². The van der Waals surface area contributed by atoms with Crippen LogP contribution in [0.2, 0.25) is 10.0 Å². The van der Waals surface area contributed by atoms with Gasteiger partial charge < -0.3 is 49.9 Å². The van der Waals surface area contributed by atoms with Crippen molar-refractivity contribution in [2.75, 3.05) is 91.8 Å². The maximum absolute atomic E-state index is 14.5. The van der Waals surface area contributed by atoms with Gasteiger partial charge in [-0.2, -0.15) is 0 Å². The number of aliphatic imine (C=N–C) groups is 2. The molecule has 2 aromatic heterocycles.